The van der Waals surface area contributed by atoms with Crippen LogP contribution in [0.25, 0.3) is 22.3 Å². The normalized spacial score (nSPS) is 29.2. The fourth-order valence-electron chi connectivity index (χ4n) is 7.85. The van der Waals surface area contributed by atoms with Crippen molar-refractivity contribution in [2.75, 3.05) is 50.2 Å². The van der Waals surface area contributed by atoms with Crippen LogP contribution >= 0.6 is 16.3 Å². The number of imidazole rings is 2. The van der Waals surface area contributed by atoms with Crippen LogP contribution in [0, 0.1) is 0 Å². The van der Waals surface area contributed by atoms with Gasteiger partial charge in [0.05, 0.1) is 44.7 Å². The zero-order valence-electron chi connectivity index (χ0n) is 34.3. The summed E-state index contributed by atoms with van der Waals surface area (Å²) in [6.07, 6.45) is -3.48. The van der Waals surface area contributed by atoms with Crippen LogP contribution in [0.15, 0.2) is 31.6 Å². The van der Waals surface area contributed by atoms with Crippen LogP contribution < -0.4 is 58.9 Å². The Bertz CT molecular complexity index is 2720. The molecule has 0 radical (unpaired) electrons. The molecule has 0 spiro atoms. The largest absolute Gasteiger partial charge is 0.601 e. The van der Waals surface area contributed by atoms with Gasteiger partial charge in [-0.1, -0.05) is 4.58 Å². The van der Waals surface area contributed by atoms with E-state index in [0.717, 1.165) is 0 Å². The van der Waals surface area contributed by atoms with Crippen LogP contribution in [0.1, 0.15) is 25.3 Å². The molecule has 0 amide bonds. The van der Waals surface area contributed by atoms with Crippen molar-refractivity contribution in [3.63, 3.8) is 0 Å². The number of aromatic nitrogens is 10. The van der Waals surface area contributed by atoms with Crippen LogP contribution in [0.2, 0.25) is 0 Å². The third-order valence-electron chi connectivity index (χ3n) is 10.8. The number of quaternary nitrogens is 2. The first-order valence-electron chi connectivity index (χ1n) is 19.9. The molecule has 2 unspecified atom stereocenters. The minimum atomic E-state index is -4.69. The van der Waals surface area contributed by atoms with E-state index >= 15 is 0 Å². The summed E-state index contributed by atoms with van der Waals surface area (Å²) in [4.78, 5) is 61.5. The van der Waals surface area contributed by atoms with Crippen molar-refractivity contribution in [3.05, 3.63) is 42.5 Å². The van der Waals surface area contributed by atoms with Gasteiger partial charge in [0, 0.05) is 12.8 Å². The number of aliphatic hydroxyl groups is 3. The Labute approximate surface area is 370 Å². The fourth-order valence-corrected chi connectivity index (χ4v) is 9.96. The first-order valence-corrected chi connectivity index (χ1v) is 22.8. The molecule has 32 nitrogen and oxygen atoms in total. The molecule has 0 aromatic carbocycles. The van der Waals surface area contributed by atoms with E-state index in [2.05, 4.69) is 56.3 Å². The first-order chi connectivity index (χ1) is 31.9. The summed E-state index contributed by atoms with van der Waals surface area (Å²) >= 11 is 0. The Kier molecular flexibility index (Phi) is 13.3. The minimum absolute atomic E-state index is 0.0411. The van der Waals surface area contributed by atoms with Gasteiger partial charge < -0.3 is 61.3 Å². The highest BCUT2D eigenvalue weighted by Crippen LogP contribution is 2.57. The van der Waals surface area contributed by atoms with Crippen molar-refractivity contribution >= 4 is 62.5 Å². The number of nitrogens with two attached hydrogens (primary N) is 3. The molecule has 34 heteroatoms. The van der Waals surface area contributed by atoms with Crippen molar-refractivity contribution < 1.29 is 83.2 Å². The molecule has 0 saturated carbocycles. The van der Waals surface area contributed by atoms with E-state index in [1.165, 1.54) is 51.7 Å². The molecule has 5 aromatic heterocycles. The lowest BCUT2D eigenvalue weighted by molar-refractivity contribution is -0.656. The molecular weight excluding hydrogens is 924 g/mol. The summed E-state index contributed by atoms with van der Waals surface area (Å²) in [5.74, 6) is 6.91. The molecule has 15 N–H and O–H groups in total. The van der Waals surface area contributed by atoms with Gasteiger partial charge in [0.2, 0.25) is 5.82 Å². The molecule has 9 heterocycles. The van der Waals surface area contributed by atoms with Gasteiger partial charge in [-0.25, -0.2) is 34.9 Å². The monoisotopic (exact) mass is 969 g/mol. The number of aliphatic hydroxyl groups excluding tert-OH is 3. The maximum absolute atomic E-state index is 14.3. The van der Waals surface area contributed by atoms with Gasteiger partial charge in [0.1, 0.15) is 61.5 Å². The van der Waals surface area contributed by atoms with Gasteiger partial charge >= 0.3 is 39.8 Å². The summed E-state index contributed by atoms with van der Waals surface area (Å²) in [5, 5.41) is 31.2. The summed E-state index contributed by atoms with van der Waals surface area (Å²) in [6.45, 7) is -2.05. The van der Waals surface area contributed by atoms with Gasteiger partial charge in [-0.05, 0) is 13.9 Å². The molecule has 3 saturated heterocycles. The zero-order chi connectivity index (χ0) is 46.3. The average molecular weight is 970 g/mol. The molecule has 66 heavy (non-hydrogen) atoms. The van der Waals surface area contributed by atoms with Crippen molar-refractivity contribution in [1.29, 1.82) is 0 Å². The third kappa shape index (κ3) is 8.87. The molecule has 4 aliphatic heterocycles. The quantitative estimate of drug-likeness (QED) is 0.0165. The lowest BCUT2D eigenvalue weighted by Gasteiger charge is -2.27. The number of ether oxygens (including phenoxy) is 4. The number of phosphoric ester groups is 2. The van der Waals surface area contributed by atoms with E-state index in [-0.39, 0.29) is 70.1 Å². The predicted molar refractivity (Wildman–Crippen MR) is 213 cm³/mol. The second-order valence-electron chi connectivity index (χ2n) is 14.8. The number of fused-ring (bicyclic) bond motifs is 3. The second kappa shape index (κ2) is 19.0. The molecule has 3 fully saturated rings. The van der Waals surface area contributed by atoms with Crippen molar-refractivity contribution in [2.24, 2.45) is 0 Å². The molecule has 4 aliphatic rings. The Hall–Kier alpha value is -4.86. The number of phosphoric acid groups is 2. The van der Waals surface area contributed by atoms with Gasteiger partial charge in [0.15, 0.2) is 47.6 Å². The number of hydrogen-bond donors (Lipinski definition) is 8. The summed E-state index contributed by atoms with van der Waals surface area (Å²) in [5.41, 5.74) is 19.2. The molecule has 0 bridgehead atoms. The van der Waals surface area contributed by atoms with E-state index < -0.39 is 104 Å². The van der Waals surface area contributed by atoms with Crippen molar-refractivity contribution in [2.45, 2.75) is 74.3 Å². The van der Waals surface area contributed by atoms with E-state index in [1.807, 2.05) is 0 Å². The topological polar surface area (TPSA) is 463 Å². The number of nitrogens with zero attached hydrogens (tertiary/aromatic N) is 12. The van der Waals surface area contributed by atoms with E-state index in [4.69, 9.17) is 63.5 Å². The highest BCUT2D eigenvalue weighted by Gasteiger charge is 2.56. The number of nitrogen functional groups attached to an aromatic ring is 3. The lowest BCUT2D eigenvalue weighted by atomic mass is 10.1. The number of hydrogen-bond acceptors (Lipinski definition) is 26. The van der Waals surface area contributed by atoms with Crippen LogP contribution in [-0.2, 0) is 46.3 Å². The fraction of sp³-hybridized carbons (Fsp3) is 0.531. The highest BCUT2D eigenvalue weighted by atomic mass is 31.2. The summed E-state index contributed by atoms with van der Waals surface area (Å²) in [7, 11) is -9.25. The lowest BCUT2D eigenvalue weighted by Crippen LogP contribution is -2.53. The molecular formula is C32H45N17O15P2+4. The Morgan fingerprint density at radius 1 is 0.773 bits per heavy atom. The van der Waals surface area contributed by atoms with Crippen LogP contribution in [0.3, 0.4) is 0 Å². The minimum Gasteiger partial charge on any atom is -0.601 e. The molecule has 5 aromatic rings. The number of anilines is 3. The van der Waals surface area contributed by atoms with Crippen molar-refractivity contribution in [3.8, 4) is 0 Å². The summed E-state index contributed by atoms with van der Waals surface area (Å²) < 4.78 is 66.4. The third-order valence-corrected chi connectivity index (χ3v) is 13.5. The van der Waals surface area contributed by atoms with E-state index in [0.29, 0.717) is 0 Å². The van der Waals surface area contributed by atoms with Crippen LogP contribution in [0.4, 0.5) is 17.5 Å². The van der Waals surface area contributed by atoms with Gasteiger partial charge in [-0.15, -0.1) is 0 Å². The maximum atomic E-state index is 14.3. The smallest absolute Gasteiger partial charge is 0.527 e. The van der Waals surface area contributed by atoms with Gasteiger partial charge in [0.25, 0.3) is 0 Å². The molecule has 12 atom stereocenters. The summed E-state index contributed by atoms with van der Waals surface area (Å²) in [6, 6.07) is 0. The Morgan fingerprint density at radius 3 is 2.03 bits per heavy atom. The van der Waals surface area contributed by atoms with E-state index in [1.54, 1.807) is 0 Å². The highest BCUT2D eigenvalue weighted by molar-refractivity contribution is 7.54. The second-order valence-corrected chi connectivity index (χ2v) is 18.1. The van der Waals surface area contributed by atoms with E-state index in [9.17, 15) is 25.1 Å². The standard InChI is InChI=1S/C32H44N17O15P2/c33-24-19-27(41-8-38-24)47(11-44-19)30-16(3-14(5-51)58-30)61-65(53,63-36)56-6-15-4-17(31(59-15)48-12-45-20-25(34)39-9-42-28(20)48)62-66(54,64-37)57-7-18-23(55-2-1-50)22(52)32(60-18)49-13-46-21-26(35)40-10-43-29(21)49/h8-18,22-23,30-32,35,50-52H,1-7H2,36-37H3,(H4,33,34,38,39,41,42)/q+3/p+1/t14-,15-,16+,17+,18+,22+,23+,30+,31+,32+,65?,66?/m0/s1. The molecule has 9 rings (SSSR count). The Morgan fingerprint density at radius 2 is 1.38 bits per heavy atom. The zero-order valence-corrected chi connectivity index (χ0v) is 36.1. The van der Waals surface area contributed by atoms with Gasteiger partial charge in [-0.2, -0.15) is 34.9 Å². The van der Waals surface area contributed by atoms with Crippen LogP contribution in [0.5, 0.6) is 0 Å². The first kappa shape index (κ1) is 46.3. The van der Waals surface area contributed by atoms with Crippen LogP contribution in [-0.4, -0.2) is 153 Å². The Balaban J connectivity index is 0.923. The number of rotatable bonds is 19. The average Bonchev–Trinajstić information content (AvgIpc) is 4.18. The maximum Gasteiger partial charge on any atom is 0.527 e. The van der Waals surface area contributed by atoms with Gasteiger partial charge in [-0.3, -0.25) is 9.13 Å². The molecule has 0 aliphatic carbocycles. The SMILES string of the molecule is Nc1ncnc2c1=[N+]=C[N+]=2[C@@H]1O[C@H](CO)C[C@H]1O[P+]([O-])(O[NH3+])OC[C@@H]1C[C@@H](O[P+]([O-])(O[NH3+])OC[C@H]2O[C@@H](n3cnc4c(N)ncnc43)[C@H](O)[C@@H]2OCCO)[C@H](n2cnc3c(N)ncnc32)O1. The molecule has 354 valence electrons. The predicted octanol–water partition coefficient (Wildman–Crippen LogP) is -8.62. The van der Waals surface area contributed by atoms with Crippen molar-refractivity contribution in [1.82, 2.24) is 58.2 Å².